The van der Waals surface area contributed by atoms with Gasteiger partial charge < -0.3 is 10.1 Å². The van der Waals surface area contributed by atoms with E-state index < -0.39 is 11.9 Å². The maximum Gasteiger partial charge on any atom is 0.321 e. The first-order chi connectivity index (χ1) is 14.6. The van der Waals surface area contributed by atoms with E-state index in [2.05, 4.69) is 10.6 Å². The first-order valence-electron chi connectivity index (χ1n) is 10.4. The summed E-state index contributed by atoms with van der Waals surface area (Å²) in [7, 11) is 1.45. The summed E-state index contributed by atoms with van der Waals surface area (Å²) in [5.74, 6) is -0.429. The fraction of sp³-hybridized carbons (Fsp3) is 0.600. The molecule has 2 aliphatic rings. The molecule has 0 unspecified atom stereocenters. The normalized spacial score (nSPS) is 18.8. The van der Waals surface area contributed by atoms with Crippen LogP contribution in [0.3, 0.4) is 0 Å². The van der Waals surface area contributed by atoms with Crippen molar-refractivity contribution in [3.8, 4) is 0 Å². The minimum Gasteiger partial charge on any atom is -0.376 e. The Labute approximate surface area is 182 Å². The Morgan fingerprint density at radius 3 is 2.87 bits per heavy atom. The molecule has 1 atom stereocenters. The number of nitrogens with zero attached hydrogens (tertiary/aromatic N) is 2. The highest BCUT2D eigenvalue weighted by Gasteiger charge is 2.24. The predicted molar refractivity (Wildman–Crippen MR) is 117 cm³/mol. The number of hydrogen-bond acceptors (Lipinski definition) is 7. The van der Waals surface area contributed by atoms with Crippen LogP contribution >= 0.6 is 23.1 Å². The molecule has 4 rings (SSSR count). The number of nitrogens with one attached hydrogen (secondary N) is 2. The van der Waals surface area contributed by atoms with Crippen LogP contribution in [0.15, 0.2) is 9.95 Å². The molecule has 1 fully saturated rings. The number of carbonyl (C=O) groups is 2. The van der Waals surface area contributed by atoms with E-state index in [0.29, 0.717) is 18.3 Å². The Hall–Kier alpha value is -1.91. The Balaban J connectivity index is 1.68. The molecule has 0 aromatic carbocycles. The number of hydrogen-bond donors (Lipinski definition) is 2. The van der Waals surface area contributed by atoms with E-state index in [-0.39, 0.29) is 17.4 Å². The molecule has 1 aliphatic carbocycles. The van der Waals surface area contributed by atoms with Gasteiger partial charge in [0.2, 0.25) is 5.91 Å². The minimum atomic E-state index is -0.553. The molecule has 162 valence electrons. The van der Waals surface area contributed by atoms with Crippen molar-refractivity contribution in [2.24, 2.45) is 0 Å². The summed E-state index contributed by atoms with van der Waals surface area (Å²) in [6.45, 7) is 1.14. The lowest BCUT2D eigenvalue weighted by Crippen LogP contribution is -2.38. The van der Waals surface area contributed by atoms with Crippen molar-refractivity contribution >= 4 is 45.3 Å². The molecule has 0 radical (unpaired) electrons. The number of amides is 3. The Kier molecular flexibility index (Phi) is 6.74. The quantitative estimate of drug-likeness (QED) is 0.412. The van der Waals surface area contributed by atoms with Crippen LogP contribution < -0.4 is 16.2 Å². The summed E-state index contributed by atoms with van der Waals surface area (Å²) < 4.78 is 7.43. The number of ether oxygens (including phenoxy) is 1. The third kappa shape index (κ3) is 4.55. The SMILES string of the molecule is CNC(=O)NC(=O)CSc1nc2sc3c(c2c(=O)n1C[C@H]1CCCO1)CCCCC3. The van der Waals surface area contributed by atoms with Crippen molar-refractivity contribution in [1.29, 1.82) is 0 Å². The molecule has 0 spiro atoms. The zero-order valence-electron chi connectivity index (χ0n) is 17.0. The standard InChI is InChI=1S/C20H26N4O4S2/c1-21-19(27)22-15(25)11-29-20-23-17-16(13-7-3-2-4-8-14(13)30-17)18(26)24(20)10-12-6-5-9-28-12/h12H,2-11H2,1H3,(H2,21,22,25,27)/t12-/m1/s1. The van der Waals surface area contributed by atoms with Gasteiger partial charge in [-0.3, -0.25) is 19.5 Å². The van der Waals surface area contributed by atoms with E-state index in [1.54, 1.807) is 15.9 Å². The second-order valence-corrected chi connectivity index (χ2v) is 9.63. The van der Waals surface area contributed by atoms with Crippen LogP contribution in [0.4, 0.5) is 4.79 Å². The first-order valence-corrected chi connectivity index (χ1v) is 12.2. The average Bonchev–Trinajstić information content (AvgIpc) is 3.30. The van der Waals surface area contributed by atoms with Crippen molar-refractivity contribution in [2.75, 3.05) is 19.4 Å². The van der Waals surface area contributed by atoms with Crippen LogP contribution in [-0.2, 0) is 28.9 Å². The van der Waals surface area contributed by atoms with Crippen molar-refractivity contribution in [3.05, 3.63) is 20.8 Å². The van der Waals surface area contributed by atoms with Gasteiger partial charge in [0.1, 0.15) is 4.83 Å². The molecule has 0 saturated carbocycles. The predicted octanol–water partition coefficient (Wildman–Crippen LogP) is 2.45. The summed E-state index contributed by atoms with van der Waals surface area (Å²) >= 11 is 2.79. The minimum absolute atomic E-state index is 0.00196. The summed E-state index contributed by atoms with van der Waals surface area (Å²) in [5.41, 5.74) is 1.13. The van der Waals surface area contributed by atoms with Crippen LogP contribution in [0.1, 0.15) is 42.5 Å². The van der Waals surface area contributed by atoms with Crippen molar-refractivity contribution in [2.45, 2.75) is 62.8 Å². The average molecular weight is 451 g/mol. The van der Waals surface area contributed by atoms with Gasteiger partial charge in [-0.1, -0.05) is 18.2 Å². The van der Waals surface area contributed by atoms with Gasteiger partial charge in [0.15, 0.2) is 5.16 Å². The third-order valence-electron chi connectivity index (χ3n) is 5.51. The van der Waals surface area contributed by atoms with Crippen molar-refractivity contribution < 1.29 is 14.3 Å². The smallest absolute Gasteiger partial charge is 0.321 e. The van der Waals surface area contributed by atoms with E-state index in [1.165, 1.54) is 35.7 Å². The van der Waals surface area contributed by atoms with Gasteiger partial charge in [0.25, 0.3) is 5.56 Å². The van der Waals surface area contributed by atoms with Crippen molar-refractivity contribution in [1.82, 2.24) is 20.2 Å². The van der Waals surface area contributed by atoms with E-state index in [9.17, 15) is 14.4 Å². The monoisotopic (exact) mass is 450 g/mol. The van der Waals surface area contributed by atoms with Crippen molar-refractivity contribution in [3.63, 3.8) is 0 Å². The molecular formula is C20H26N4O4S2. The number of aromatic nitrogens is 2. The number of thioether (sulfide) groups is 1. The van der Waals surface area contributed by atoms with Gasteiger partial charge in [-0.05, 0) is 44.1 Å². The maximum absolute atomic E-state index is 13.5. The zero-order valence-corrected chi connectivity index (χ0v) is 18.6. The molecule has 0 bridgehead atoms. The van der Waals surface area contributed by atoms with Crippen LogP contribution in [-0.4, -0.2) is 47.0 Å². The van der Waals surface area contributed by atoms with Gasteiger partial charge in [-0.2, -0.15) is 0 Å². The lowest BCUT2D eigenvalue weighted by molar-refractivity contribution is -0.117. The van der Waals surface area contributed by atoms with Crippen LogP contribution in [0.5, 0.6) is 0 Å². The maximum atomic E-state index is 13.5. The topological polar surface area (TPSA) is 102 Å². The number of thiophene rings is 1. The van der Waals surface area contributed by atoms with E-state index >= 15 is 0 Å². The Bertz CT molecular complexity index is 1010. The number of fused-ring (bicyclic) bond motifs is 3. The number of imide groups is 1. The highest BCUT2D eigenvalue weighted by molar-refractivity contribution is 7.99. The molecule has 3 heterocycles. The summed E-state index contributed by atoms with van der Waals surface area (Å²) in [6, 6.07) is -0.553. The highest BCUT2D eigenvalue weighted by atomic mass is 32.2. The van der Waals surface area contributed by atoms with Crippen LogP contribution in [0.2, 0.25) is 0 Å². The number of urea groups is 1. The Morgan fingerprint density at radius 2 is 2.10 bits per heavy atom. The molecule has 2 aromatic rings. The molecular weight excluding hydrogens is 424 g/mol. The lowest BCUT2D eigenvalue weighted by atomic mass is 10.1. The van der Waals surface area contributed by atoms with Gasteiger partial charge in [-0.15, -0.1) is 11.3 Å². The molecule has 1 aliphatic heterocycles. The summed E-state index contributed by atoms with van der Waals surface area (Å²) in [4.78, 5) is 43.8. The lowest BCUT2D eigenvalue weighted by Gasteiger charge is -2.16. The second-order valence-electron chi connectivity index (χ2n) is 7.61. The summed E-state index contributed by atoms with van der Waals surface area (Å²) in [5, 5.41) is 5.85. The number of carbonyl (C=O) groups excluding carboxylic acids is 2. The first kappa shape index (κ1) is 21.3. The largest absolute Gasteiger partial charge is 0.376 e. The van der Waals surface area contributed by atoms with Gasteiger partial charge in [-0.25, -0.2) is 9.78 Å². The zero-order chi connectivity index (χ0) is 21.1. The van der Waals surface area contributed by atoms with E-state index in [0.717, 1.165) is 48.7 Å². The van der Waals surface area contributed by atoms with E-state index in [1.807, 2.05) is 0 Å². The fourth-order valence-electron chi connectivity index (χ4n) is 4.02. The molecule has 3 amide bonds. The Morgan fingerprint density at radius 1 is 1.27 bits per heavy atom. The fourth-order valence-corrected chi connectivity index (χ4v) is 6.13. The van der Waals surface area contributed by atoms with E-state index in [4.69, 9.17) is 9.72 Å². The molecule has 10 heteroatoms. The molecule has 8 nitrogen and oxygen atoms in total. The van der Waals surface area contributed by atoms with Crippen LogP contribution in [0.25, 0.3) is 10.2 Å². The van der Waals surface area contributed by atoms with Gasteiger partial charge >= 0.3 is 6.03 Å². The highest BCUT2D eigenvalue weighted by Crippen LogP contribution is 2.34. The number of aryl methyl sites for hydroxylation is 2. The van der Waals surface area contributed by atoms with Gasteiger partial charge in [0.05, 0.1) is 23.8 Å². The second kappa shape index (κ2) is 9.49. The molecule has 2 N–H and O–H groups in total. The van der Waals surface area contributed by atoms with Gasteiger partial charge in [0, 0.05) is 18.5 Å². The number of rotatable bonds is 5. The molecule has 2 aromatic heterocycles. The summed E-state index contributed by atoms with van der Waals surface area (Å²) in [6.07, 6.45) is 7.23. The molecule has 1 saturated heterocycles. The van der Waals surface area contributed by atoms with Crippen LogP contribution in [0, 0.1) is 0 Å². The molecule has 30 heavy (non-hydrogen) atoms. The third-order valence-corrected chi connectivity index (χ3v) is 7.67.